The fourth-order valence-corrected chi connectivity index (χ4v) is 11.4. The van der Waals surface area contributed by atoms with Crippen LogP contribution in [0.1, 0.15) is 132 Å². The molecular weight excluding hydrogens is 1410 g/mol. The Morgan fingerprint density at radius 1 is 0.400 bits per heavy atom. The number of rotatable bonds is 20. The quantitative estimate of drug-likeness (QED) is 0.0373. The summed E-state index contributed by atoms with van der Waals surface area (Å²) in [6, 6.07) is 50.6. The summed E-state index contributed by atoms with van der Waals surface area (Å²) in [5, 5.41) is 38.1. The van der Waals surface area contributed by atoms with Crippen LogP contribution in [0.2, 0.25) is 0 Å². The normalized spacial score (nSPS) is 13.4. The van der Waals surface area contributed by atoms with Crippen molar-refractivity contribution in [2.24, 2.45) is 11.5 Å². The van der Waals surface area contributed by atoms with Gasteiger partial charge in [-0.2, -0.15) is 0 Å². The van der Waals surface area contributed by atoms with Gasteiger partial charge in [0.2, 0.25) is 0 Å². The van der Waals surface area contributed by atoms with Crippen LogP contribution >= 0.6 is 15.9 Å². The van der Waals surface area contributed by atoms with E-state index >= 15 is 0 Å². The lowest BCUT2D eigenvalue weighted by Gasteiger charge is -2.35. The minimum absolute atomic E-state index is 0.0429. The van der Waals surface area contributed by atoms with Crippen molar-refractivity contribution in [2.45, 2.75) is 84.8 Å². The van der Waals surface area contributed by atoms with Crippen LogP contribution in [0.3, 0.4) is 0 Å². The molecule has 7 aromatic rings. The predicted molar refractivity (Wildman–Crippen MR) is 404 cm³/mol. The fourth-order valence-electron chi connectivity index (χ4n) is 10.9. The molecular formula is C80H99BrN8O16. The number of nitrogens with one attached hydrogen (secondary N) is 1. The summed E-state index contributed by atoms with van der Waals surface area (Å²) >= 11 is 3.35. The van der Waals surface area contributed by atoms with E-state index in [1.807, 2.05) is 131 Å². The third-order valence-corrected chi connectivity index (χ3v) is 16.7. The van der Waals surface area contributed by atoms with E-state index < -0.39 is 29.0 Å². The molecule has 24 nitrogen and oxygen atoms in total. The van der Waals surface area contributed by atoms with Crippen molar-refractivity contribution in [3.05, 3.63) is 236 Å². The third kappa shape index (κ3) is 29.1. The minimum atomic E-state index is -0.935. The summed E-state index contributed by atoms with van der Waals surface area (Å²) in [6.07, 6.45) is 2.29. The van der Waals surface area contributed by atoms with Crippen LogP contribution in [0.4, 0.5) is 9.59 Å². The highest BCUT2D eigenvalue weighted by molar-refractivity contribution is 9.10. The molecule has 105 heavy (non-hydrogen) atoms. The number of aliphatic hydroxyl groups excluding tert-OH is 3. The summed E-state index contributed by atoms with van der Waals surface area (Å²) in [6.45, 7) is 18.9. The topological polar surface area (TPSA) is 335 Å². The molecule has 3 heterocycles. The zero-order valence-corrected chi connectivity index (χ0v) is 62.3. The van der Waals surface area contributed by atoms with Gasteiger partial charge in [-0.1, -0.05) is 101 Å². The van der Waals surface area contributed by atoms with Crippen molar-refractivity contribution in [1.29, 1.82) is 0 Å². The van der Waals surface area contributed by atoms with Gasteiger partial charge in [-0.3, -0.25) is 24.0 Å². The van der Waals surface area contributed by atoms with Gasteiger partial charge in [0.25, 0.3) is 29.5 Å². The van der Waals surface area contributed by atoms with Gasteiger partial charge in [0, 0.05) is 132 Å². The Kier molecular flexibility index (Phi) is 33.9. The number of carboxylic acids is 1. The maximum absolute atomic E-state index is 13.0. The number of nitrogens with zero attached hydrogens (tertiary/aromatic N) is 5. The number of halogens is 1. The number of carbonyl (C=O) groups excluding carboxylic acids is 7. The Hall–Kier alpha value is -10.2. The number of para-hydroxylation sites is 2. The molecule has 0 bridgehead atoms. The molecule has 7 aromatic carbocycles. The zero-order chi connectivity index (χ0) is 76.5. The number of hydrogen-bond acceptors (Lipinski definition) is 16. The fraction of sp³-hybridized carbons (Fsp3) is 0.375. The second-order valence-electron chi connectivity index (χ2n) is 26.6. The van der Waals surface area contributed by atoms with E-state index in [4.69, 9.17) is 50.8 Å². The van der Waals surface area contributed by atoms with Crippen LogP contribution in [0, 0.1) is 0 Å². The summed E-state index contributed by atoms with van der Waals surface area (Å²) in [5.41, 5.74) is 17.5. The Labute approximate surface area is 622 Å². The van der Waals surface area contributed by atoms with E-state index in [0.717, 1.165) is 64.9 Å². The molecule has 10 rings (SSSR count). The number of carboxylic acid groups (broad SMARTS) is 1. The molecule has 3 aliphatic rings. The van der Waals surface area contributed by atoms with E-state index in [0.29, 0.717) is 131 Å². The van der Waals surface area contributed by atoms with E-state index in [9.17, 15) is 38.4 Å². The molecule has 9 N–H and O–H groups in total. The van der Waals surface area contributed by atoms with Crippen LogP contribution in [0.25, 0.3) is 0 Å². The zero-order valence-electron chi connectivity index (χ0n) is 60.7. The second-order valence-corrected chi connectivity index (χ2v) is 27.6. The molecule has 0 radical (unpaired) electrons. The number of carbonyl (C=O) groups is 8. The van der Waals surface area contributed by atoms with Gasteiger partial charge in [0.05, 0.1) is 29.9 Å². The monoisotopic (exact) mass is 1510 g/mol. The number of amides is 7. The number of piperazine rings is 3. The minimum Gasteiger partial charge on any atom is -0.492 e. The maximum Gasteiger partial charge on any atom is 0.410 e. The van der Waals surface area contributed by atoms with Crippen molar-refractivity contribution < 1.29 is 77.7 Å². The Morgan fingerprint density at radius 2 is 0.705 bits per heavy atom. The number of aromatic carboxylic acids is 1. The summed E-state index contributed by atoms with van der Waals surface area (Å²) in [5.74, 6) is -1.11. The molecule has 0 atom stereocenters. The molecule has 0 spiro atoms. The number of aliphatic hydroxyl groups is 3. The highest BCUT2D eigenvalue weighted by Gasteiger charge is 2.30. The van der Waals surface area contributed by atoms with Crippen molar-refractivity contribution in [3.63, 3.8) is 0 Å². The molecule has 0 unspecified atom stereocenters. The van der Waals surface area contributed by atoms with Crippen LogP contribution in [0.15, 0.2) is 174 Å². The van der Waals surface area contributed by atoms with E-state index in [-0.39, 0.29) is 55.3 Å². The van der Waals surface area contributed by atoms with Crippen molar-refractivity contribution in [1.82, 2.24) is 29.8 Å². The van der Waals surface area contributed by atoms with Crippen LogP contribution in [0.5, 0.6) is 11.5 Å². The number of ether oxygens (including phenoxy) is 4. The van der Waals surface area contributed by atoms with Crippen molar-refractivity contribution >= 4 is 63.6 Å². The van der Waals surface area contributed by atoms with Crippen molar-refractivity contribution in [3.8, 4) is 11.5 Å². The van der Waals surface area contributed by atoms with E-state index in [2.05, 4.69) is 21.2 Å². The number of hydrogen-bond donors (Lipinski definition) is 7. The average molecular weight is 1510 g/mol. The summed E-state index contributed by atoms with van der Waals surface area (Å²) in [4.78, 5) is 105. The first-order valence-electron chi connectivity index (χ1n) is 34.9. The SMILES string of the molecule is CC(C)(C)OC(=O)N1CCN(C(=O)c2cccc(CCO)c2)CC1.CC(C)(C)OC(=O)N1CCN(C(=O)c2cccc(CCOc3ccccc3C(N)=O)c2)CC1.NC(=O)c1ccccc1OCCc1cccc(C(=O)N2CCNCC2)c1.O=C(O)c1cccc(CCO)c1.OCCc1cccc(Br)c1. The van der Waals surface area contributed by atoms with Gasteiger partial charge >= 0.3 is 18.2 Å². The van der Waals surface area contributed by atoms with E-state index in [1.54, 1.807) is 98.5 Å². The smallest absolute Gasteiger partial charge is 0.410 e. The Bertz CT molecular complexity index is 3990. The number of nitrogens with two attached hydrogens (primary N) is 2. The molecule has 25 heteroatoms. The van der Waals surface area contributed by atoms with Crippen molar-refractivity contribution in [2.75, 3.05) is 112 Å². The standard InChI is InChI=1S/C25H31N3O5.C20H23N3O3.C18H26N2O4.C9H10O3.C8H9BrO/c1-25(2,3)33-24(31)28-14-12-27(13-15-28)23(30)19-8-6-7-18(17-19)11-16-32-21-10-5-4-9-20(21)22(26)29;21-19(24)17-6-1-2-7-18(17)26-13-8-15-4-3-5-16(14-15)20(25)23-11-9-22-10-12-23;1-18(2,3)24-17(23)20-10-8-19(9-11-20)16(22)15-6-4-5-14(13-15)7-12-21;10-5-4-7-2-1-3-8(6-7)9(11)12;9-8-3-1-2-7(6-8)4-5-10/h4-10,17H,11-16H2,1-3H3,(H2,26,29);1-7,14,22H,8-13H2,(H2,21,24);4-6,13,21H,7-12H2,1-3H3;1-3,6,10H,4-5H2,(H,11,12);1-3,6,10H,4-5H2. The highest BCUT2D eigenvalue weighted by Crippen LogP contribution is 2.22. The molecule has 0 saturated carbocycles. The Morgan fingerprint density at radius 3 is 1.04 bits per heavy atom. The van der Waals surface area contributed by atoms with E-state index in [1.165, 1.54) is 6.07 Å². The first-order valence-corrected chi connectivity index (χ1v) is 35.7. The lowest BCUT2D eigenvalue weighted by molar-refractivity contribution is 0.0136. The van der Waals surface area contributed by atoms with Gasteiger partial charge in [0.1, 0.15) is 22.7 Å². The first kappa shape index (κ1) is 83.8. The molecule has 0 aliphatic carbocycles. The molecule has 7 amide bonds. The molecule has 562 valence electrons. The van der Waals surface area contributed by atoms with Gasteiger partial charge < -0.3 is 80.7 Å². The maximum atomic E-state index is 13.0. The van der Waals surface area contributed by atoms with Crippen LogP contribution in [-0.4, -0.2) is 215 Å². The molecule has 3 saturated heterocycles. The van der Waals surface area contributed by atoms with Crippen LogP contribution in [-0.2, 0) is 41.6 Å². The average Bonchev–Trinajstić information content (AvgIpc) is 0.848. The van der Waals surface area contributed by atoms with Gasteiger partial charge in [-0.25, -0.2) is 14.4 Å². The van der Waals surface area contributed by atoms with Gasteiger partial charge in [-0.15, -0.1) is 0 Å². The summed E-state index contributed by atoms with van der Waals surface area (Å²) in [7, 11) is 0. The lowest BCUT2D eigenvalue weighted by Crippen LogP contribution is -2.51. The number of benzene rings is 7. The first-order chi connectivity index (χ1) is 50.1. The largest absolute Gasteiger partial charge is 0.492 e. The van der Waals surface area contributed by atoms with Gasteiger partial charge in [-0.05, 0) is 174 Å². The summed E-state index contributed by atoms with van der Waals surface area (Å²) < 4.78 is 23.3. The number of primary amides is 2. The third-order valence-electron chi connectivity index (χ3n) is 16.2. The molecule has 3 fully saturated rings. The Balaban J connectivity index is 0.000000217. The lowest BCUT2D eigenvalue weighted by atomic mass is 10.1. The second kappa shape index (κ2) is 42.6. The molecule has 0 aromatic heterocycles. The highest BCUT2D eigenvalue weighted by atomic mass is 79.9. The predicted octanol–water partition coefficient (Wildman–Crippen LogP) is 9.37. The van der Waals surface area contributed by atoms with Crippen LogP contribution < -0.4 is 26.3 Å². The molecule has 3 aliphatic heterocycles. The van der Waals surface area contributed by atoms with Gasteiger partial charge in [0.15, 0.2) is 0 Å².